The van der Waals surface area contributed by atoms with Crippen molar-refractivity contribution in [2.45, 2.75) is 0 Å². The van der Waals surface area contributed by atoms with Crippen LogP contribution < -0.4 is 10.6 Å². The van der Waals surface area contributed by atoms with E-state index in [9.17, 15) is 19.2 Å². The first-order valence-corrected chi connectivity index (χ1v) is 4.06. The highest BCUT2D eigenvalue weighted by molar-refractivity contribution is 6.02. The molecule has 0 saturated carbocycles. The molecular weight excluding hydrogens is 206 g/mol. The third-order valence-corrected chi connectivity index (χ3v) is 1.63. The van der Waals surface area contributed by atoms with Crippen LogP contribution in [0.3, 0.4) is 0 Å². The highest BCUT2D eigenvalue weighted by atomic mass is 16.4. The van der Waals surface area contributed by atoms with Gasteiger partial charge in [-0.3, -0.25) is 19.7 Å². The van der Waals surface area contributed by atoms with E-state index in [0.717, 1.165) is 4.90 Å². The summed E-state index contributed by atoms with van der Waals surface area (Å²) in [6, 6.07) is -0.749. The summed E-state index contributed by atoms with van der Waals surface area (Å²) in [7, 11) is 0. The molecule has 0 aromatic heterocycles. The Morgan fingerprint density at radius 1 is 1.33 bits per heavy atom. The summed E-state index contributed by atoms with van der Waals surface area (Å²) in [5.74, 6) is -2.37. The number of piperazine rings is 1. The monoisotopic (exact) mass is 215 g/mol. The van der Waals surface area contributed by atoms with Gasteiger partial charge in [0.25, 0.3) is 0 Å². The second-order valence-electron chi connectivity index (χ2n) is 2.88. The van der Waals surface area contributed by atoms with Gasteiger partial charge in [-0.15, -0.1) is 0 Å². The number of amides is 4. The van der Waals surface area contributed by atoms with Crippen LogP contribution in [0.15, 0.2) is 0 Å². The molecule has 0 unspecified atom stereocenters. The zero-order valence-electron chi connectivity index (χ0n) is 7.65. The molecule has 4 amide bonds. The molecule has 1 fully saturated rings. The summed E-state index contributed by atoms with van der Waals surface area (Å²) < 4.78 is 0. The van der Waals surface area contributed by atoms with Crippen molar-refractivity contribution in [3.63, 3.8) is 0 Å². The fourth-order valence-electron chi connectivity index (χ4n) is 1.04. The molecule has 8 heteroatoms. The molecule has 1 aliphatic rings. The number of carbonyl (C=O) groups is 4. The topological polar surface area (TPSA) is 116 Å². The van der Waals surface area contributed by atoms with Crippen LogP contribution in [0, 0.1) is 0 Å². The highest BCUT2D eigenvalue weighted by Crippen LogP contribution is 1.94. The lowest BCUT2D eigenvalue weighted by Gasteiger charge is -2.25. The minimum atomic E-state index is -1.20. The van der Waals surface area contributed by atoms with Gasteiger partial charge in [-0.05, 0) is 0 Å². The Bertz CT molecular complexity index is 311. The van der Waals surface area contributed by atoms with E-state index in [-0.39, 0.29) is 13.1 Å². The molecule has 0 bridgehead atoms. The van der Waals surface area contributed by atoms with Gasteiger partial charge < -0.3 is 15.3 Å². The molecule has 82 valence electrons. The number of imide groups is 1. The number of aliphatic carboxylic acids is 1. The lowest BCUT2D eigenvalue weighted by molar-refractivity contribution is -0.136. The van der Waals surface area contributed by atoms with Crippen LogP contribution >= 0.6 is 0 Å². The van der Waals surface area contributed by atoms with Crippen LogP contribution in [0.25, 0.3) is 0 Å². The second-order valence-corrected chi connectivity index (χ2v) is 2.88. The first-order chi connectivity index (χ1) is 6.99. The van der Waals surface area contributed by atoms with Gasteiger partial charge in [0.05, 0.1) is 0 Å². The smallest absolute Gasteiger partial charge is 0.323 e. The van der Waals surface area contributed by atoms with Gasteiger partial charge in [0.15, 0.2) is 0 Å². The van der Waals surface area contributed by atoms with Gasteiger partial charge in [-0.1, -0.05) is 0 Å². The SMILES string of the molecule is O=C(O)CNC(=O)N1CC(=O)NC(=O)C1. The van der Waals surface area contributed by atoms with E-state index in [1.807, 2.05) is 10.6 Å². The number of rotatable bonds is 2. The summed E-state index contributed by atoms with van der Waals surface area (Å²) in [6.45, 7) is -1.06. The van der Waals surface area contributed by atoms with Crippen LogP contribution in [0.5, 0.6) is 0 Å². The van der Waals surface area contributed by atoms with Crippen LogP contribution in [0.2, 0.25) is 0 Å². The maximum absolute atomic E-state index is 11.2. The minimum Gasteiger partial charge on any atom is -0.480 e. The van der Waals surface area contributed by atoms with Gasteiger partial charge >= 0.3 is 12.0 Å². The molecule has 0 aliphatic carbocycles. The third-order valence-electron chi connectivity index (χ3n) is 1.63. The molecule has 15 heavy (non-hydrogen) atoms. The molecule has 0 aromatic rings. The van der Waals surface area contributed by atoms with E-state index < -0.39 is 30.4 Å². The molecule has 3 N–H and O–H groups in total. The van der Waals surface area contributed by atoms with E-state index in [0.29, 0.717) is 0 Å². The van der Waals surface area contributed by atoms with Crippen LogP contribution in [-0.2, 0) is 14.4 Å². The first-order valence-electron chi connectivity index (χ1n) is 4.06. The fourth-order valence-corrected chi connectivity index (χ4v) is 1.04. The van der Waals surface area contributed by atoms with Crippen molar-refractivity contribution in [1.29, 1.82) is 0 Å². The minimum absolute atomic E-state index is 0.253. The number of nitrogens with zero attached hydrogens (tertiary/aromatic N) is 1. The third kappa shape index (κ3) is 3.25. The largest absolute Gasteiger partial charge is 0.480 e. The average molecular weight is 215 g/mol. The molecule has 1 heterocycles. The molecule has 0 atom stereocenters. The normalized spacial score (nSPS) is 15.9. The molecule has 0 aromatic carbocycles. The van der Waals surface area contributed by atoms with Crippen LogP contribution in [-0.4, -0.2) is 53.5 Å². The van der Waals surface area contributed by atoms with E-state index in [1.165, 1.54) is 0 Å². The molecule has 0 spiro atoms. The van der Waals surface area contributed by atoms with Crippen molar-refractivity contribution < 1.29 is 24.3 Å². The van der Waals surface area contributed by atoms with Gasteiger partial charge in [0.2, 0.25) is 11.8 Å². The zero-order chi connectivity index (χ0) is 11.4. The van der Waals surface area contributed by atoms with Crippen molar-refractivity contribution in [3.05, 3.63) is 0 Å². The Labute approximate surface area is 84.2 Å². The lowest BCUT2D eigenvalue weighted by Crippen LogP contribution is -2.56. The van der Waals surface area contributed by atoms with Crippen LogP contribution in [0.4, 0.5) is 4.79 Å². The van der Waals surface area contributed by atoms with Crippen molar-refractivity contribution in [2.75, 3.05) is 19.6 Å². The molecule has 1 saturated heterocycles. The Kier molecular flexibility index (Phi) is 3.21. The van der Waals surface area contributed by atoms with Gasteiger partial charge in [0.1, 0.15) is 19.6 Å². The molecule has 8 nitrogen and oxygen atoms in total. The van der Waals surface area contributed by atoms with E-state index in [1.54, 1.807) is 0 Å². The maximum atomic E-state index is 11.2. The predicted octanol–water partition coefficient (Wildman–Crippen LogP) is -2.26. The molecule has 1 rings (SSSR count). The number of carbonyl (C=O) groups excluding carboxylic acids is 3. The quantitative estimate of drug-likeness (QED) is 0.449. The number of nitrogens with one attached hydrogen (secondary N) is 2. The fraction of sp³-hybridized carbons (Fsp3) is 0.429. The molecular formula is C7H9N3O5. The lowest BCUT2D eigenvalue weighted by atomic mass is 10.3. The number of carboxylic acid groups (broad SMARTS) is 1. The number of urea groups is 1. The number of hydrogen-bond donors (Lipinski definition) is 3. The zero-order valence-corrected chi connectivity index (χ0v) is 7.65. The van der Waals surface area contributed by atoms with Crippen molar-refractivity contribution >= 4 is 23.8 Å². The summed E-state index contributed by atoms with van der Waals surface area (Å²) in [5, 5.41) is 12.3. The summed E-state index contributed by atoms with van der Waals surface area (Å²) in [6.07, 6.45) is 0. The van der Waals surface area contributed by atoms with Crippen molar-refractivity contribution in [1.82, 2.24) is 15.5 Å². The number of hydrogen-bond acceptors (Lipinski definition) is 4. The van der Waals surface area contributed by atoms with Crippen molar-refractivity contribution in [3.8, 4) is 0 Å². The van der Waals surface area contributed by atoms with Gasteiger partial charge in [-0.25, -0.2) is 4.79 Å². The van der Waals surface area contributed by atoms with Crippen LogP contribution in [0.1, 0.15) is 0 Å². The van der Waals surface area contributed by atoms with Gasteiger partial charge in [-0.2, -0.15) is 0 Å². The van der Waals surface area contributed by atoms with E-state index in [2.05, 4.69) is 0 Å². The Hall–Kier alpha value is -2.12. The molecule has 0 radical (unpaired) electrons. The first kappa shape index (κ1) is 11.0. The summed E-state index contributed by atoms with van der Waals surface area (Å²) in [4.78, 5) is 44.0. The van der Waals surface area contributed by atoms with Gasteiger partial charge in [0, 0.05) is 0 Å². The predicted molar refractivity (Wildman–Crippen MR) is 45.8 cm³/mol. The maximum Gasteiger partial charge on any atom is 0.323 e. The standard InChI is InChI=1S/C7H9N3O5/c11-4-2-10(3-5(12)9-4)7(15)8-1-6(13)14/h1-3H2,(H,8,15)(H,13,14)(H,9,11,12). The Morgan fingerprint density at radius 3 is 2.33 bits per heavy atom. The summed E-state index contributed by atoms with van der Waals surface area (Å²) >= 11 is 0. The molecule has 1 aliphatic heterocycles. The van der Waals surface area contributed by atoms with Crippen molar-refractivity contribution in [2.24, 2.45) is 0 Å². The van der Waals surface area contributed by atoms with E-state index in [4.69, 9.17) is 5.11 Å². The van der Waals surface area contributed by atoms with E-state index >= 15 is 0 Å². The highest BCUT2D eigenvalue weighted by Gasteiger charge is 2.26. The Morgan fingerprint density at radius 2 is 1.87 bits per heavy atom. The summed E-state index contributed by atoms with van der Waals surface area (Å²) in [5.41, 5.74) is 0. The average Bonchev–Trinajstić information content (AvgIpc) is 2.12. The Balaban J connectivity index is 2.48. The second kappa shape index (κ2) is 4.40. The number of carboxylic acids is 1.